The van der Waals surface area contributed by atoms with Crippen LogP contribution in [0.5, 0.6) is 11.5 Å². The fourth-order valence-corrected chi connectivity index (χ4v) is 4.49. The van der Waals surface area contributed by atoms with Gasteiger partial charge in [-0.25, -0.2) is 0 Å². The second-order valence-corrected chi connectivity index (χ2v) is 8.29. The molecule has 0 saturated carbocycles. The molecule has 7 nitrogen and oxygen atoms in total. The van der Waals surface area contributed by atoms with Crippen LogP contribution in [-0.2, 0) is 6.54 Å². The van der Waals surface area contributed by atoms with Crippen molar-refractivity contribution in [3.8, 4) is 11.5 Å². The molecule has 34 heavy (non-hydrogen) atoms. The number of benzene rings is 2. The number of amides is 1. The Labute approximate surface area is 200 Å². The Morgan fingerprint density at radius 3 is 2.71 bits per heavy atom. The van der Waals surface area contributed by atoms with Crippen molar-refractivity contribution in [2.75, 3.05) is 13.7 Å². The molecule has 0 fully saturated rings. The van der Waals surface area contributed by atoms with Gasteiger partial charge in [-0.1, -0.05) is 23.7 Å². The highest BCUT2D eigenvalue weighted by atomic mass is 35.5. The van der Waals surface area contributed by atoms with Crippen LogP contribution in [0.15, 0.2) is 70.1 Å². The van der Waals surface area contributed by atoms with Crippen molar-refractivity contribution >= 4 is 28.5 Å². The molecule has 1 atom stereocenters. The summed E-state index contributed by atoms with van der Waals surface area (Å²) >= 11 is 6.15. The first-order valence-corrected chi connectivity index (χ1v) is 11.2. The third-order valence-electron chi connectivity index (χ3n) is 5.81. The number of methoxy groups -OCH3 is 1. The molecule has 1 aliphatic heterocycles. The van der Waals surface area contributed by atoms with E-state index in [2.05, 4.69) is 4.98 Å². The van der Waals surface area contributed by atoms with E-state index >= 15 is 0 Å². The summed E-state index contributed by atoms with van der Waals surface area (Å²) in [5.74, 6) is 0.747. The average molecular weight is 477 g/mol. The highest BCUT2D eigenvalue weighted by Crippen LogP contribution is 2.41. The van der Waals surface area contributed by atoms with Crippen molar-refractivity contribution in [3.63, 3.8) is 0 Å². The Morgan fingerprint density at radius 1 is 1.12 bits per heavy atom. The average Bonchev–Trinajstić information content (AvgIpc) is 3.12. The van der Waals surface area contributed by atoms with Gasteiger partial charge in [0.05, 0.1) is 30.7 Å². The van der Waals surface area contributed by atoms with E-state index in [9.17, 15) is 9.59 Å². The molecule has 2 aromatic carbocycles. The van der Waals surface area contributed by atoms with Crippen LogP contribution in [0.25, 0.3) is 11.0 Å². The molecule has 8 heteroatoms. The summed E-state index contributed by atoms with van der Waals surface area (Å²) in [6.07, 6.45) is 3.36. The van der Waals surface area contributed by atoms with Gasteiger partial charge in [-0.3, -0.25) is 14.6 Å². The second-order valence-electron chi connectivity index (χ2n) is 7.85. The molecule has 5 rings (SSSR count). The molecule has 1 aliphatic rings. The van der Waals surface area contributed by atoms with Crippen molar-refractivity contribution in [1.82, 2.24) is 9.88 Å². The van der Waals surface area contributed by atoms with E-state index in [0.29, 0.717) is 39.7 Å². The first-order valence-electron chi connectivity index (χ1n) is 10.8. The van der Waals surface area contributed by atoms with E-state index < -0.39 is 6.04 Å². The van der Waals surface area contributed by atoms with Gasteiger partial charge in [0.2, 0.25) is 5.76 Å². The Kier molecular flexibility index (Phi) is 5.71. The summed E-state index contributed by atoms with van der Waals surface area (Å²) in [5, 5.41) is 0.737. The lowest BCUT2D eigenvalue weighted by molar-refractivity contribution is 0.0714. The number of carbonyl (C=O) groups excluding carboxylic acids is 1. The molecule has 0 aliphatic carbocycles. The number of hydrogen-bond acceptors (Lipinski definition) is 6. The molecule has 0 radical (unpaired) electrons. The fourth-order valence-electron chi connectivity index (χ4n) is 4.32. The minimum atomic E-state index is -0.688. The van der Waals surface area contributed by atoms with Crippen LogP contribution in [0.1, 0.15) is 40.2 Å². The fraction of sp³-hybridized carbons (Fsp3) is 0.192. The lowest BCUT2D eigenvalue weighted by Gasteiger charge is -2.25. The minimum Gasteiger partial charge on any atom is -0.493 e. The predicted molar refractivity (Wildman–Crippen MR) is 128 cm³/mol. The topological polar surface area (TPSA) is 81.9 Å². The molecule has 172 valence electrons. The number of pyridine rings is 1. The third-order valence-corrected chi connectivity index (χ3v) is 6.04. The van der Waals surface area contributed by atoms with E-state index in [1.165, 1.54) is 0 Å². The van der Waals surface area contributed by atoms with Crippen LogP contribution in [0.2, 0.25) is 5.02 Å². The molecule has 0 bridgehead atoms. The zero-order chi connectivity index (χ0) is 23.8. The van der Waals surface area contributed by atoms with Crippen molar-refractivity contribution in [2.45, 2.75) is 19.5 Å². The lowest BCUT2D eigenvalue weighted by atomic mass is 9.98. The summed E-state index contributed by atoms with van der Waals surface area (Å²) in [6, 6.07) is 13.2. The van der Waals surface area contributed by atoms with Crippen molar-refractivity contribution in [1.29, 1.82) is 0 Å². The maximum atomic E-state index is 13.7. The van der Waals surface area contributed by atoms with Crippen LogP contribution < -0.4 is 14.9 Å². The number of halogens is 1. The van der Waals surface area contributed by atoms with E-state index in [1.807, 2.05) is 19.1 Å². The number of nitrogens with zero attached hydrogens (tertiary/aromatic N) is 2. The quantitative estimate of drug-likeness (QED) is 0.390. The summed E-state index contributed by atoms with van der Waals surface area (Å²) in [5.41, 5.74) is 1.82. The van der Waals surface area contributed by atoms with Gasteiger partial charge >= 0.3 is 0 Å². The van der Waals surface area contributed by atoms with Crippen molar-refractivity contribution in [2.24, 2.45) is 0 Å². The maximum Gasteiger partial charge on any atom is 0.291 e. The van der Waals surface area contributed by atoms with Crippen LogP contribution >= 0.6 is 11.6 Å². The molecule has 2 aromatic heterocycles. The van der Waals surface area contributed by atoms with E-state index in [-0.39, 0.29) is 29.2 Å². The SMILES string of the molecule is CCOc1ccc(C2c3c(oc4ccc(Cl)cc4c3=O)C(=O)N2Cc2cccnc2)cc1OC. The summed E-state index contributed by atoms with van der Waals surface area (Å²) < 4.78 is 17.1. The van der Waals surface area contributed by atoms with Gasteiger partial charge in [0, 0.05) is 24.0 Å². The molecule has 1 unspecified atom stereocenters. The number of aromatic nitrogens is 1. The standard InChI is InChI=1S/C26H21ClN2O5/c1-3-33-20-8-6-16(11-21(20)32-2)23-22-24(30)18-12-17(27)7-9-19(18)34-25(22)26(31)29(23)14-15-5-4-10-28-13-15/h4-13,23H,3,14H2,1-2H3. The minimum absolute atomic E-state index is 0.0292. The van der Waals surface area contributed by atoms with Crippen LogP contribution in [0, 0.1) is 0 Å². The van der Waals surface area contributed by atoms with Gasteiger partial charge in [0.25, 0.3) is 5.91 Å². The molecule has 4 aromatic rings. The van der Waals surface area contributed by atoms with E-state index in [4.69, 9.17) is 25.5 Å². The van der Waals surface area contributed by atoms with Gasteiger partial charge in [-0.2, -0.15) is 0 Å². The molecule has 0 saturated heterocycles. The third kappa shape index (κ3) is 3.68. The highest BCUT2D eigenvalue weighted by molar-refractivity contribution is 6.31. The molecule has 0 N–H and O–H groups in total. The molecule has 1 amide bonds. The van der Waals surface area contributed by atoms with E-state index in [1.54, 1.807) is 60.8 Å². The van der Waals surface area contributed by atoms with Gasteiger partial charge in [-0.05, 0) is 54.4 Å². The van der Waals surface area contributed by atoms with Crippen molar-refractivity contribution in [3.05, 3.63) is 98.6 Å². The number of fused-ring (bicyclic) bond motifs is 2. The van der Waals surface area contributed by atoms with Crippen LogP contribution in [-0.4, -0.2) is 29.5 Å². The monoisotopic (exact) mass is 476 g/mol. The molecular weight excluding hydrogens is 456 g/mol. The number of hydrogen-bond donors (Lipinski definition) is 0. The first kappa shape index (κ1) is 22.0. The van der Waals surface area contributed by atoms with E-state index in [0.717, 1.165) is 5.56 Å². The normalized spacial score (nSPS) is 15.0. The highest BCUT2D eigenvalue weighted by Gasteiger charge is 2.43. The maximum absolute atomic E-state index is 13.7. The first-order chi connectivity index (χ1) is 16.5. The number of ether oxygens (including phenoxy) is 2. The van der Waals surface area contributed by atoms with Crippen molar-refractivity contribution < 1.29 is 18.7 Å². The van der Waals surface area contributed by atoms with Crippen LogP contribution in [0.4, 0.5) is 0 Å². The lowest BCUT2D eigenvalue weighted by Crippen LogP contribution is -2.29. The molecular formula is C26H21ClN2O5. The Hall–Kier alpha value is -3.84. The summed E-state index contributed by atoms with van der Waals surface area (Å²) in [6.45, 7) is 2.61. The van der Waals surface area contributed by atoms with Gasteiger partial charge in [-0.15, -0.1) is 0 Å². The predicted octanol–water partition coefficient (Wildman–Crippen LogP) is 4.99. The van der Waals surface area contributed by atoms with Gasteiger partial charge in [0.1, 0.15) is 5.58 Å². The van der Waals surface area contributed by atoms with Gasteiger partial charge in [0.15, 0.2) is 16.9 Å². The number of rotatable bonds is 6. The smallest absolute Gasteiger partial charge is 0.291 e. The summed E-state index contributed by atoms with van der Waals surface area (Å²) in [4.78, 5) is 33.0. The molecule has 0 spiro atoms. The Bertz CT molecular complexity index is 1450. The number of carbonyl (C=O) groups is 1. The zero-order valence-corrected chi connectivity index (χ0v) is 19.3. The zero-order valence-electron chi connectivity index (χ0n) is 18.6. The molecule has 3 heterocycles. The Balaban J connectivity index is 1.72. The van der Waals surface area contributed by atoms with Gasteiger partial charge < -0.3 is 18.8 Å². The Morgan fingerprint density at radius 2 is 1.97 bits per heavy atom. The second kappa shape index (κ2) is 8.83. The largest absolute Gasteiger partial charge is 0.493 e. The van der Waals surface area contributed by atoms with Crippen LogP contribution in [0.3, 0.4) is 0 Å². The summed E-state index contributed by atoms with van der Waals surface area (Å²) in [7, 11) is 1.55.